The lowest BCUT2D eigenvalue weighted by atomic mass is 10.0. The SMILES string of the molecule is COc1c(O)ccc2c(=O)c3c(O)c(C/C=C(/C)CO)c(O)cc3oc12. The maximum Gasteiger partial charge on any atom is 0.204 e. The van der Waals surface area contributed by atoms with Crippen LogP contribution in [0.4, 0.5) is 0 Å². The second-order valence-corrected chi connectivity index (χ2v) is 5.93. The first kappa shape index (κ1) is 17.6. The van der Waals surface area contributed by atoms with Gasteiger partial charge in [-0.05, 0) is 25.5 Å². The number of hydrogen-bond donors (Lipinski definition) is 4. The minimum atomic E-state index is -0.513. The van der Waals surface area contributed by atoms with E-state index in [2.05, 4.69) is 0 Å². The van der Waals surface area contributed by atoms with Gasteiger partial charge in [-0.25, -0.2) is 0 Å². The van der Waals surface area contributed by atoms with E-state index >= 15 is 0 Å². The quantitative estimate of drug-likeness (QED) is 0.418. The summed E-state index contributed by atoms with van der Waals surface area (Å²) in [7, 11) is 1.33. The summed E-state index contributed by atoms with van der Waals surface area (Å²) in [6.45, 7) is 1.56. The molecule has 0 radical (unpaired) electrons. The zero-order valence-electron chi connectivity index (χ0n) is 14.2. The van der Waals surface area contributed by atoms with Crippen LogP contribution in [0.25, 0.3) is 21.9 Å². The van der Waals surface area contributed by atoms with Crippen molar-refractivity contribution in [2.24, 2.45) is 0 Å². The normalized spacial score (nSPS) is 12.0. The van der Waals surface area contributed by atoms with Crippen LogP contribution in [0.2, 0.25) is 0 Å². The number of rotatable bonds is 4. The molecule has 1 heterocycles. The van der Waals surface area contributed by atoms with E-state index in [1.54, 1.807) is 13.0 Å². The minimum Gasteiger partial charge on any atom is -0.507 e. The van der Waals surface area contributed by atoms with Crippen molar-refractivity contribution in [2.75, 3.05) is 13.7 Å². The van der Waals surface area contributed by atoms with Gasteiger partial charge in [0.2, 0.25) is 11.2 Å². The smallest absolute Gasteiger partial charge is 0.204 e. The Morgan fingerprint density at radius 3 is 2.62 bits per heavy atom. The first-order valence-corrected chi connectivity index (χ1v) is 7.85. The number of phenols is 3. The Labute approximate surface area is 148 Å². The summed E-state index contributed by atoms with van der Waals surface area (Å²) in [6.07, 6.45) is 1.78. The lowest BCUT2D eigenvalue weighted by molar-refractivity contribution is 0.331. The van der Waals surface area contributed by atoms with Crippen LogP contribution in [0.15, 0.2) is 39.1 Å². The maximum absolute atomic E-state index is 12.9. The Balaban J connectivity index is 2.36. The molecule has 0 fully saturated rings. The van der Waals surface area contributed by atoms with Crippen LogP contribution in [0.5, 0.6) is 23.0 Å². The summed E-state index contributed by atoms with van der Waals surface area (Å²) in [4.78, 5) is 12.9. The molecular formula is C19H18O7. The van der Waals surface area contributed by atoms with E-state index in [4.69, 9.17) is 14.3 Å². The molecule has 136 valence electrons. The molecule has 0 atom stereocenters. The van der Waals surface area contributed by atoms with Gasteiger partial charge in [0.15, 0.2) is 11.3 Å². The highest BCUT2D eigenvalue weighted by Crippen LogP contribution is 2.39. The van der Waals surface area contributed by atoms with Crippen LogP contribution in [0, 0.1) is 0 Å². The van der Waals surface area contributed by atoms with E-state index in [0.717, 1.165) is 0 Å². The first-order valence-electron chi connectivity index (χ1n) is 7.85. The zero-order valence-corrected chi connectivity index (χ0v) is 14.2. The lowest BCUT2D eigenvalue weighted by Gasteiger charge is -2.11. The maximum atomic E-state index is 12.9. The van der Waals surface area contributed by atoms with E-state index in [0.29, 0.717) is 5.57 Å². The average molecular weight is 358 g/mol. The molecule has 0 aliphatic carbocycles. The second kappa shape index (κ2) is 6.61. The molecule has 1 aromatic heterocycles. The fourth-order valence-electron chi connectivity index (χ4n) is 2.79. The van der Waals surface area contributed by atoms with Crippen molar-refractivity contribution in [1.29, 1.82) is 0 Å². The number of aliphatic hydroxyl groups excluding tert-OH is 1. The van der Waals surface area contributed by atoms with Crippen LogP contribution in [0.3, 0.4) is 0 Å². The summed E-state index contributed by atoms with van der Waals surface area (Å²) < 4.78 is 10.7. The topological polar surface area (TPSA) is 120 Å². The molecule has 0 amide bonds. The van der Waals surface area contributed by atoms with Gasteiger partial charge in [0.1, 0.15) is 22.5 Å². The molecule has 2 aromatic carbocycles. The molecule has 0 bridgehead atoms. The Bertz CT molecular complexity index is 1090. The van der Waals surface area contributed by atoms with Crippen LogP contribution in [-0.2, 0) is 6.42 Å². The lowest BCUT2D eigenvalue weighted by Crippen LogP contribution is -2.04. The molecule has 3 rings (SSSR count). The van der Waals surface area contributed by atoms with Gasteiger partial charge in [-0.2, -0.15) is 0 Å². The molecule has 0 spiro atoms. The fraction of sp³-hybridized carbons (Fsp3) is 0.211. The van der Waals surface area contributed by atoms with E-state index in [-0.39, 0.29) is 63.5 Å². The van der Waals surface area contributed by atoms with Crippen molar-refractivity contribution in [3.05, 3.63) is 45.6 Å². The number of hydrogen-bond acceptors (Lipinski definition) is 7. The largest absolute Gasteiger partial charge is 0.507 e. The summed E-state index contributed by atoms with van der Waals surface area (Å²) in [5.74, 6) is -0.841. The molecule has 0 unspecified atom stereocenters. The van der Waals surface area contributed by atoms with Crippen LogP contribution in [0.1, 0.15) is 12.5 Å². The number of allylic oxidation sites excluding steroid dienone is 1. The van der Waals surface area contributed by atoms with Gasteiger partial charge in [-0.1, -0.05) is 11.6 Å². The molecule has 7 nitrogen and oxygen atoms in total. The van der Waals surface area contributed by atoms with Gasteiger partial charge < -0.3 is 29.6 Å². The Kier molecular flexibility index (Phi) is 4.48. The van der Waals surface area contributed by atoms with Gasteiger partial charge in [0.05, 0.1) is 19.1 Å². The number of aromatic hydroxyl groups is 3. The summed E-state index contributed by atoms with van der Waals surface area (Å²) in [6, 6.07) is 3.91. The third-order valence-electron chi connectivity index (χ3n) is 4.23. The molecule has 0 aliphatic rings. The number of fused-ring (bicyclic) bond motifs is 2. The third kappa shape index (κ3) is 2.72. The Hall–Kier alpha value is -3.19. The molecule has 0 saturated heterocycles. The highest BCUT2D eigenvalue weighted by molar-refractivity contribution is 5.97. The number of phenolic OH excluding ortho intramolecular Hbond substituents is 3. The van der Waals surface area contributed by atoms with Gasteiger partial charge in [-0.3, -0.25) is 4.79 Å². The van der Waals surface area contributed by atoms with Crippen LogP contribution in [-0.4, -0.2) is 34.1 Å². The van der Waals surface area contributed by atoms with Crippen molar-refractivity contribution in [3.63, 3.8) is 0 Å². The number of ether oxygens (including phenoxy) is 1. The monoisotopic (exact) mass is 358 g/mol. The fourth-order valence-corrected chi connectivity index (χ4v) is 2.79. The predicted molar refractivity (Wildman–Crippen MR) is 96.1 cm³/mol. The minimum absolute atomic E-state index is 0.00828. The second-order valence-electron chi connectivity index (χ2n) is 5.93. The number of benzene rings is 2. The van der Waals surface area contributed by atoms with E-state index < -0.39 is 5.43 Å². The van der Waals surface area contributed by atoms with E-state index in [1.165, 1.54) is 25.3 Å². The van der Waals surface area contributed by atoms with E-state index in [9.17, 15) is 20.1 Å². The molecule has 0 aliphatic heterocycles. The summed E-state index contributed by atoms with van der Waals surface area (Å²) in [5, 5.41) is 39.7. The highest BCUT2D eigenvalue weighted by Gasteiger charge is 2.20. The first-order chi connectivity index (χ1) is 12.4. The van der Waals surface area contributed by atoms with Crippen molar-refractivity contribution in [1.82, 2.24) is 0 Å². The number of aliphatic hydroxyl groups is 1. The average Bonchev–Trinajstić information content (AvgIpc) is 2.60. The standard InChI is InChI=1S/C19H18O7/c1-9(8-20)3-4-10-13(22)7-14-15(16(10)23)17(24)11-5-6-12(21)19(25-2)18(11)26-14/h3,5-7,20-23H,4,8H2,1-2H3/b9-3-. The molecule has 26 heavy (non-hydrogen) atoms. The predicted octanol–water partition coefficient (Wildman–Crippen LogP) is 2.55. The van der Waals surface area contributed by atoms with Gasteiger partial charge >= 0.3 is 0 Å². The van der Waals surface area contributed by atoms with Gasteiger partial charge in [-0.15, -0.1) is 0 Å². The highest BCUT2D eigenvalue weighted by atomic mass is 16.5. The number of methoxy groups -OCH3 is 1. The van der Waals surface area contributed by atoms with Crippen LogP contribution < -0.4 is 10.2 Å². The van der Waals surface area contributed by atoms with Crippen molar-refractivity contribution < 1.29 is 29.6 Å². The van der Waals surface area contributed by atoms with Gasteiger partial charge in [0.25, 0.3) is 0 Å². The third-order valence-corrected chi connectivity index (χ3v) is 4.23. The van der Waals surface area contributed by atoms with E-state index in [1.807, 2.05) is 0 Å². The summed E-state index contributed by atoms with van der Waals surface area (Å²) in [5.41, 5.74) is 0.291. The Morgan fingerprint density at radius 1 is 1.23 bits per heavy atom. The van der Waals surface area contributed by atoms with Crippen molar-refractivity contribution >= 4 is 21.9 Å². The van der Waals surface area contributed by atoms with Crippen molar-refractivity contribution in [3.8, 4) is 23.0 Å². The molecule has 7 heteroatoms. The molecule has 0 saturated carbocycles. The molecule has 3 aromatic rings. The molecule has 4 N–H and O–H groups in total. The Morgan fingerprint density at radius 2 is 1.96 bits per heavy atom. The van der Waals surface area contributed by atoms with Crippen LogP contribution >= 0.6 is 0 Å². The summed E-state index contributed by atoms with van der Waals surface area (Å²) >= 11 is 0. The van der Waals surface area contributed by atoms with Gasteiger partial charge in [0, 0.05) is 11.6 Å². The molecular weight excluding hydrogens is 340 g/mol. The van der Waals surface area contributed by atoms with Crippen molar-refractivity contribution in [2.45, 2.75) is 13.3 Å². The zero-order chi connectivity index (χ0) is 19.0.